The minimum absolute atomic E-state index is 0.0440. The Kier molecular flexibility index (Phi) is 4.45. The highest BCUT2D eigenvalue weighted by Gasteiger charge is 2.26. The summed E-state index contributed by atoms with van der Waals surface area (Å²) in [4.78, 5) is 17.0. The second kappa shape index (κ2) is 6.50. The van der Waals surface area contributed by atoms with Gasteiger partial charge < -0.3 is 19.7 Å². The summed E-state index contributed by atoms with van der Waals surface area (Å²) in [7, 11) is 2.08. The minimum Gasteiger partial charge on any atom is -0.479 e. The molecule has 1 aromatic heterocycles. The summed E-state index contributed by atoms with van der Waals surface area (Å²) in [5.74, 6) is -0.885. The molecule has 5 heteroatoms. The van der Waals surface area contributed by atoms with Gasteiger partial charge in [-0.3, -0.25) is 0 Å². The molecule has 1 aliphatic rings. The van der Waals surface area contributed by atoms with Gasteiger partial charge in [-0.15, -0.1) is 0 Å². The summed E-state index contributed by atoms with van der Waals surface area (Å²) in [5, 5.41) is 10.6. The summed E-state index contributed by atoms with van der Waals surface area (Å²) in [6.07, 6.45) is 3.34. The number of hydrogen-bond acceptors (Lipinski definition) is 3. The molecule has 0 aliphatic carbocycles. The summed E-state index contributed by atoms with van der Waals surface area (Å²) in [6, 6.07) is 7.93. The van der Waals surface area contributed by atoms with E-state index in [2.05, 4.69) is 16.9 Å². The number of rotatable bonds is 5. The van der Waals surface area contributed by atoms with E-state index in [1.165, 1.54) is 0 Å². The molecular formula is C17H22N2O3. The molecule has 1 aliphatic heterocycles. The van der Waals surface area contributed by atoms with E-state index in [1.807, 2.05) is 30.5 Å². The lowest BCUT2D eigenvalue weighted by atomic mass is 10.0. The molecule has 0 saturated carbocycles. The van der Waals surface area contributed by atoms with E-state index in [0.29, 0.717) is 6.42 Å². The van der Waals surface area contributed by atoms with Crippen molar-refractivity contribution in [3.05, 3.63) is 36.0 Å². The van der Waals surface area contributed by atoms with Gasteiger partial charge in [0.2, 0.25) is 0 Å². The van der Waals surface area contributed by atoms with Gasteiger partial charge in [0.25, 0.3) is 0 Å². The second-order valence-electron chi connectivity index (χ2n) is 6.03. The monoisotopic (exact) mass is 302 g/mol. The van der Waals surface area contributed by atoms with Crippen molar-refractivity contribution in [3.63, 3.8) is 0 Å². The van der Waals surface area contributed by atoms with Crippen LogP contribution in [-0.2, 0) is 16.0 Å². The highest BCUT2D eigenvalue weighted by molar-refractivity contribution is 5.84. The van der Waals surface area contributed by atoms with Crippen LogP contribution in [0.4, 0.5) is 0 Å². The Bertz CT molecular complexity index is 644. The molecule has 22 heavy (non-hydrogen) atoms. The van der Waals surface area contributed by atoms with Crippen molar-refractivity contribution in [2.24, 2.45) is 0 Å². The van der Waals surface area contributed by atoms with Crippen LogP contribution >= 0.6 is 0 Å². The third-order valence-electron chi connectivity index (χ3n) is 4.38. The Hall–Kier alpha value is -1.85. The van der Waals surface area contributed by atoms with Crippen LogP contribution in [-0.4, -0.2) is 53.3 Å². The van der Waals surface area contributed by atoms with Crippen molar-refractivity contribution in [2.75, 3.05) is 20.1 Å². The number of aliphatic carboxylic acids is 1. The second-order valence-corrected chi connectivity index (χ2v) is 6.03. The average Bonchev–Trinajstić information content (AvgIpc) is 2.92. The van der Waals surface area contributed by atoms with E-state index in [-0.39, 0.29) is 6.10 Å². The Morgan fingerprint density at radius 3 is 2.86 bits per heavy atom. The molecule has 0 amide bonds. The van der Waals surface area contributed by atoms with Crippen LogP contribution in [0.25, 0.3) is 10.9 Å². The Balaban J connectivity index is 1.70. The van der Waals surface area contributed by atoms with Gasteiger partial charge in [-0.1, -0.05) is 18.2 Å². The van der Waals surface area contributed by atoms with E-state index in [4.69, 9.17) is 4.74 Å². The number of piperidine rings is 1. The van der Waals surface area contributed by atoms with Crippen LogP contribution in [0, 0.1) is 0 Å². The third-order valence-corrected chi connectivity index (χ3v) is 4.38. The number of carboxylic acids is 1. The van der Waals surface area contributed by atoms with Crippen LogP contribution < -0.4 is 0 Å². The van der Waals surface area contributed by atoms with Gasteiger partial charge >= 0.3 is 5.97 Å². The molecule has 1 atom stereocenters. The van der Waals surface area contributed by atoms with E-state index < -0.39 is 12.1 Å². The Labute approximate surface area is 129 Å². The maximum Gasteiger partial charge on any atom is 0.333 e. The number of likely N-dealkylation sites (tertiary alicyclic amines) is 1. The van der Waals surface area contributed by atoms with Gasteiger partial charge in [-0.2, -0.15) is 0 Å². The third kappa shape index (κ3) is 3.31. The SMILES string of the molecule is CN1CCC(O[C@@H](Cc2c[nH]c3ccccc23)C(=O)O)CC1. The highest BCUT2D eigenvalue weighted by atomic mass is 16.5. The van der Waals surface area contributed by atoms with Gasteiger partial charge in [0, 0.05) is 36.6 Å². The fraction of sp³-hybridized carbons (Fsp3) is 0.471. The quantitative estimate of drug-likeness (QED) is 0.889. The largest absolute Gasteiger partial charge is 0.479 e. The van der Waals surface area contributed by atoms with Gasteiger partial charge in [-0.05, 0) is 31.5 Å². The van der Waals surface area contributed by atoms with Crippen molar-refractivity contribution >= 4 is 16.9 Å². The lowest BCUT2D eigenvalue weighted by molar-refractivity contribution is -0.155. The maximum absolute atomic E-state index is 11.6. The molecule has 2 heterocycles. The number of aromatic amines is 1. The molecule has 5 nitrogen and oxygen atoms in total. The Morgan fingerprint density at radius 1 is 1.41 bits per heavy atom. The molecular weight excluding hydrogens is 280 g/mol. The number of hydrogen-bond donors (Lipinski definition) is 2. The first-order valence-corrected chi connectivity index (χ1v) is 7.75. The first-order valence-electron chi connectivity index (χ1n) is 7.75. The zero-order chi connectivity index (χ0) is 15.5. The smallest absolute Gasteiger partial charge is 0.333 e. The van der Waals surface area contributed by atoms with E-state index in [9.17, 15) is 9.90 Å². The number of para-hydroxylation sites is 1. The number of carboxylic acid groups (broad SMARTS) is 1. The number of nitrogens with one attached hydrogen (secondary N) is 1. The molecule has 118 valence electrons. The van der Waals surface area contributed by atoms with Crippen molar-refractivity contribution < 1.29 is 14.6 Å². The zero-order valence-electron chi connectivity index (χ0n) is 12.8. The first kappa shape index (κ1) is 15.1. The minimum atomic E-state index is -0.885. The summed E-state index contributed by atoms with van der Waals surface area (Å²) >= 11 is 0. The maximum atomic E-state index is 11.6. The van der Waals surface area contributed by atoms with Gasteiger partial charge in [0.1, 0.15) is 0 Å². The van der Waals surface area contributed by atoms with E-state index >= 15 is 0 Å². The molecule has 0 bridgehead atoms. The number of fused-ring (bicyclic) bond motifs is 1. The standard InChI is InChI=1S/C17H22N2O3/c1-19-8-6-13(7-9-19)22-16(17(20)21)10-12-11-18-15-5-3-2-4-14(12)15/h2-5,11,13,16,18H,6-10H2,1H3,(H,20,21)/t16-/m0/s1. The molecule has 2 aromatic rings. The first-order chi connectivity index (χ1) is 10.6. The van der Waals surface area contributed by atoms with Gasteiger partial charge in [-0.25, -0.2) is 4.79 Å². The van der Waals surface area contributed by atoms with Crippen molar-refractivity contribution in [3.8, 4) is 0 Å². The highest BCUT2D eigenvalue weighted by Crippen LogP contribution is 2.22. The van der Waals surface area contributed by atoms with Crippen molar-refractivity contribution in [2.45, 2.75) is 31.5 Å². The van der Waals surface area contributed by atoms with Crippen molar-refractivity contribution in [1.82, 2.24) is 9.88 Å². The van der Waals surface area contributed by atoms with Crippen LogP contribution in [0.5, 0.6) is 0 Å². The average molecular weight is 302 g/mol. The normalized spacial score (nSPS) is 18.6. The molecule has 1 fully saturated rings. The van der Waals surface area contributed by atoms with Crippen LogP contribution in [0.2, 0.25) is 0 Å². The van der Waals surface area contributed by atoms with Crippen LogP contribution in [0.15, 0.2) is 30.5 Å². The summed E-state index contributed by atoms with van der Waals surface area (Å²) in [5.41, 5.74) is 2.02. The lowest BCUT2D eigenvalue weighted by Crippen LogP contribution is -2.38. The predicted octanol–water partition coefficient (Wildman–Crippen LogP) is 2.27. The van der Waals surface area contributed by atoms with E-state index in [1.54, 1.807) is 0 Å². The number of benzene rings is 1. The fourth-order valence-corrected chi connectivity index (χ4v) is 3.05. The number of aromatic nitrogens is 1. The molecule has 1 saturated heterocycles. The number of H-pyrrole nitrogens is 1. The van der Waals surface area contributed by atoms with Crippen LogP contribution in [0.1, 0.15) is 18.4 Å². The number of ether oxygens (including phenoxy) is 1. The summed E-state index contributed by atoms with van der Waals surface area (Å²) in [6.45, 7) is 1.92. The topological polar surface area (TPSA) is 65.6 Å². The fourth-order valence-electron chi connectivity index (χ4n) is 3.05. The van der Waals surface area contributed by atoms with Gasteiger partial charge in [0.15, 0.2) is 6.10 Å². The van der Waals surface area contributed by atoms with Gasteiger partial charge in [0.05, 0.1) is 6.10 Å². The molecule has 2 N–H and O–H groups in total. The molecule has 0 unspecified atom stereocenters. The summed E-state index contributed by atoms with van der Waals surface area (Å²) < 4.78 is 5.88. The number of carbonyl (C=O) groups is 1. The molecule has 0 radical (unpaired) electrons. The van der Waals surface area contributed by atoms with E-state index in [0.717, 1.165) is 42.4 Å². The predicted molar refractivity (Wildman–Crippen MR) is 85.0 cm³/mol. The molecule has 1 aromatic carbocycles. The Morgan fingerprint density at radius 2 is 2.14 bits per heavy atom. The number of nitrogens with zero attached hydrogens (tertiary/aromatic N) is 1. The lowest BCUT2D eigenvalue weighted by Gasteiger charge is -2.30. The molecule has 3 rings (SSSR count). The molecule has 0 spiro atoms. The van der Waals surface area contributed by atoms with Crippen molar-refractivity contribution in [1.29, 1.82) is 0 Å². The zero-order valence-corrected chi connectivity index (χ0v) is 12.8. The van der Waals surface area contributed by atoms with Crippen LogP contribution in [0.3, 0.4) is 0 Å².